The molecule has 2 aromatic heterocycles. The van der Waals surface area contributed by atoms with Gasteiger partial charge in [-0.05, 0) is 32.4 Å². The molecule has 0 aromatic carbocycles. The zero-order valence-electron chi connectivity index (χ0n) is 10.6. The maximum Gasteiger partial charge on any atom is 0.159 e. The van der Waals surface area contributed by atoms with Gasteiger partial charge in [0.15, 0.2) is 5.82 Å². The fraction of sp³-hybridized carbons (Fsp3) is 0.583. The first-order valence-corrected chi connectivity index (χ1v) is 6.45. The van der Waals surface area contributed by atoms with Crippen LogP contribution in [0.25, 0.3) is 11.5 Å². The highest BCUT2D eigenvalue weighted by atomic mass is 15.4. The minimum atomic E-state index is 0.425. The van der Waals surface area contributed by atoms with Crippen LogP contribution in [0.1, 0.15) is 25.3 Å². The van der Waals surface area contributed by atoms with Crippen molar-refractivity contribution in [3.8, 4) is 11.5 Å². The average molecular weight is 246 g/mol. The lowest BCUT2D eigenvalue weighted by Crippen LogP contribution is -2.16. The molecule has 1 fully saturated rings. The predicted molar refractivity (Wildman–Crippen MR) is 68.0 cm³/mol. The SMILES string of the molecule is Cn1ccnc1-c1cnnn1C1CCCNCC1. The molecular weight excluding hydrogens is 228 g/mol. The van der Waals surface area contributed by atoms with Gasteiger partial charge in [-0.3, -0.25) is 0 Å². The third-order valence-electron chi connectivity index (χ3n) is 3.52. The minimum absolute atomic E-state index is 0.425. The summed E-state index contributed by atoms with van der Waals surface area (Å²) in [7, 11) is 1.99. The van der Waals surface area contributed by atoms with Gasteiger partial charge in [0.2, 0.25) is 0 Å². The lowest BCUT2D eigenvalue weighted by atomic mass is 10.1. The first kappa shape index (κ1) is 11.4. The Labute approximate surface area is 106 Å². The summed E-state index contributed by atoms with van der Waals surface area (Å²) in [4.78, 5) is 4.38. The Morgan fingerprint density at radius 1 is 1.33 bits per heavy atom. The van der Waals surface area contributed by atoms with Gasteiger partial charge in [-0.2, -0.15) is 0 Å². The van der Waals surface area contributed by atoms with E-state index in [9.17, 15) is 0 Å². The van der Waals surface area contributed by atoms with Crippen molar-refractivity contribution in [3.63, 3.8) is 0 Å². The highest BCUT2D eigenvalue weighted by Crippen LogP contribution is 2.25. The number of hydrogen-bond donors (Lipinski definition) is 1. The lowest BCUT2D eigenvalue weighted by Gasteiger charge is -2.16. The standard InChI is InChI=1S/C12H18N6/c1-17-8-7-14-12(17)11-9-15-16-18(11)10-3-2-5-13-6-4-10/h7-10,13H,2-6H2,1H3. The second-order valence-electron chi connectivity index (χ2n) is 4.76. The zero-order valence-corrected chi connectivity index (χ0v) is 10.6. The summed E-state index contributed by atoms with van der Waals surface area (Å²) in [5.74, 6) is 0.928. The van der Waals surface area contributed by atoms with Crippen LogP contribution in [0.4, 0.5) is 0 Å². The second kappa shape index (κ2) is 4.89. The molecule has 3 heterocycles. The average Bonchev–Trinajstić information content (AvgIpc) is 2.91. The fourth-order valence-corrected chi connectivity index (χ4v) is 2.53. The molecule has 1 saturated heterocycles. The summed E-state index contributed by atoms with van der Waals surface area (Å²) in [6, 6.07) is 0.425. The Morgan fingerprint density at radius 2 is 2.28 bits per heavy atom. The van der Waals surface area contributed by atoms with Crippen LogP contribution in [-0.2, 0) is 7.05 Å². The van der Waals surface area contributed by atoms with E-state index in [0.29, 0.717) is 6.04 Å². The van der Waals surface area contributed by atoms with Crippen LogP contribution in [0.2, 0.25) is 0 Å². The summed E-state index contributed by atoms with van der Waals surface area (Å²) in [6.07, 6.45) is 8.99. The molecule has 0 saturated carbocycles. The van der Waals surface area contributed by atoms with E-state index in [-0.39, 0.29) is 0 Å². The van der Waals surface area contributed by atoms with Crippen LogP contribution >= 0.6 is 0 Å². The van der Waals surface area contributed by atoms with Crippen molar-refractivity contribution in [2.45, 2.75) is 25.3 Å². The van der Waals surface area contributed by atoms with Crippen molar-refractivity contribution in [2.75, 3.05) is 13.1 Å². The predicted octanol–water partition coefficient (Wildman–Crippen LogP) is 0.993. The van der Waals surface area contributed by atoms with Crippen LogP contribution in [0.5, 0.6) is 0 Å². The molecule has 6 heteroatoms. The number of rotatable bonds is 2. The molecule has 0 amide bonds. The third-order valence-corrected chi connectivity index (χ3v) is 3.52. The number of aryl methyl sites for hydroxylation is 1. The van der Waals surface area contributed by atoms with Gasteiger partial charge in [0.1, 0.15) is 5.69 Å². The van der Waals surface area contributed by atoms with Gasteiger partial charge in [0.05, 0.1) is 12.2 Å². The normalized spacial score (nSPS) is 20.8. The third kappa shape index (κ3) is 2.03. The molecule has 1 N–H and O–H groups in total. The summed E-state index contributed by atoms with van der Waals surface area (Å²) in [5, 5.41) is 11.8. The van der Waals surface area contributed by atoms with Crippen molar-refractivity contribution in [1.29, 1.82) is 0 Å². The van der Waals surface area contributed by atoms with Gasteiger partial charge >= 0.3 is 0 Å². The van der Waals surface area contributed by atoms with E-state index in [1.165, 1.54) is 6.42 Å². The molecule has 0 radical (unpaired) electrons. The first-order chi connectivity index (χ1) is 8.86. The maximum absolute atomic E-state index is 4.38. The molecule has 1 unspecified atom stereocenters. The summed E-state index contributed by atoms with van der Waals surface area (Å²) in [6.45, 7) is 2.15. The van der Waals surface area contributed by atoms with Gasteiger partial charge in [0, 0.05) is 19.4 Å². The van der Waals surface area contributed by atoms with Crippen molar-refractivity contribution >= 4 is 0 Å². The zero-order chi connectivity index (χ0) is 12.4. The molecule has 96 valence electrons. The minimum Gasteiger partial charge on any atom is -0.333 e. The van der Waals surface area contributed by atoms with E-state index in [1.54, 1.807) is 12.4 Å². The summed E-state index contributed by atoms with van der Waals surface area (Å²) >= 11 is 0. The molecule has 18 heavy (non-hydrogen) atoms. The van der Waals surface area contributed by atoms with Gasteiger partial charge in [-0.1, -0.05) is 5.21 Å². The number of nitrogens with one attached hydrogen (secondary N) is 1. The van der Waals surface area contributed by atoms with E-state index in [0.717, 1.165) is 37.4 Å². The van der Waals surface area contributed by atoms with Crippen LogP contribution in [0.3, 0.4) is 0 Å². The number of nitrogens with zero attached hydrogens (tertiary/aromatic N) is 5. The van der Waals surface area contributed by atoms with Gasteiger partial charge in [-0.25, -0.2) is 9.67 Å². The van der Waals surface area contributed by atoms with E-state index < -0.39 is 0 Å². The molecular formula is C12H18N6. The first-order valence-electron chi connectivity index (χ1n) is 6.45. The van der Waals surface area contributed by atoms with E-state index >= 15 is 0 Å². The highest BCUT2D eigenvalue weighted by molar-refractivity contribution is 5.48. The Kier molecular flexibility index (Phi) is 3.10. The van der Waals surface area contributed by atoms with Gasteiger partial charge < -0.3 is 9.88 Å². The van der Waals surface area contributed by atoms with Crippen LogP contribution in [0.15, 0.2) is 18.6 Å². The van der Waals surface area contributed by atoms with Crippen LogP contribution in [-0.4, -0.2) is 37.6 Å². The van der Waals surface area contributed by atoms with Crippen LogP contribution < -0.4 is 5.32 Å². The molecule has 1 aliphatic rings. The molecule has 1 aliphatic heterocycles. The van der Waals surface area contributed by atoms with Crippen molar-refractivity contribution in [1.82, 2.24) is 29.9 Å². The fourth-order valence-electron chi connectivity index (χ4n) is 2.53. The largest absolute Gasteiger partial charge is 0.333 e. The van der Waals surface area contributed by atoms with Gasteiger partial charge in [0.25, 0.3) is 0 Å². The molecule has 0 aliphatic carbocycles. The number of imidazole rings is 1. The molecule has 0 bridgehead atoms. The second-order valence-corrected chi connectivity index (χ2v) is 4.76. The van der Waals surface area contributed by atoms with E-state index in [2.05, 4.69) is 20.6 Å². The topological polar surface area (TPSA) is 60.6 Å². The van der Waals surface area contributed by atoms with E-state index in [4.69, 9.17) is 0 Å². The summed E-state index contributed by atoms with van der Waals surface area (Å²) < 4.78 is 4.04. The Morgan fingerprint density at radius 3 is 3.11 bits per heavy atom. The Bertz CT molecular complexity index is 506. The van der Waals surface area contributed by atoms with Crippen molar-refractivity contribution in [2.24, 2.45) is 7.05 Å². The van der Waals surface area contributed by atoms with Crippen LogP contribution in [0, 0.1) is 0 Å². The maximum atomic E-state index is 4.38. The molecule has 0 spiro atoms. The molecule has 2 aromatic rings. The monoisotopic (exact) mass is 246 g/mol. The van der Waals surface area contributed by atoms with Gasteiger partial charge in [-0.15, -0.1) is 5.10 Å². The molecule has 1 atom stereocenters. The Hall–Kier alpha value is -1.69. The molecule has 6 nitrogen and oxygen atoms in total. The Balaban J connectivity index is 1.93. The number of hydrogen-bond acceptors (Lipinski definition) is 4. The highest BCUT2D eigenvalue weighted by Gasteiger charge is 2.20. The smallest absolute Gasteiger partial charge is 0.159 e. The summed E-state index contributed by atoms with van der Waals surface area (Å²) in [5.41, 5.74) is 1.01. The molecule has 3 rings (SSSR count). The van der Waals surface area contributed by atoms with E-state index in [1.807, 2.05) is 22.5 Å². The lowest BCUT2D eigenvalue weighted by molar-refractivity contribution is 0.407. The number of aromatic nitrogens is 5. The van der Waals surface area contributed by atoms with Crippen molar-refractivity contribution < 1.29 is 0 Å². The quantitative estimate of drug-likeness (QED) is 0.858. The van der Waals surface area contributed by atoms with Crippen molar-refractivity contribution in [3.05, 3.63) is 18.6 Å².